The summed E-state index contributed by atoms with van der Waals surface area (Å²) in [6.07, 6.45) is -0.253. The molecular formula is C18H19N3O5S. The van der Waals surface area contributed by atoms with Crippen LogP contribution in [0.5, 0.6) is 0 Å². The Morgan fingerprint density at radius 3 is 2.74 bits per heavy atom. The molecule has 0 atom stereocenters. The third-order valence-electron chi connectivity index (χ3n) is 3.72. The monoisotopic (exact) mass is 389 g/mol. The van der Waals surface area contributed by atoms with Crippen LogP contribution in [0.4, 0.5) is 0 Å². The van der Waals surface area contributed by atoms with Crippen molar-refractivity contribution >= 4 is 23.3 Å². The van der Waals surface area contributed by atoms with Crippen LogP contribution >= 0.6 is 11.3 Å². The highest BCUT2D eigenvalue weighted by Gasteiger charge is 2.25. The lowest BCUT2D eigenvalue weighted by Gasteiger charge is -2.08. The molecule has 3 heterocycles. The van der Waals surface area contributed by atoms with Crippen molar-refractivity contribution in [1.29, 1.82) is 0 Å². The lowest BCUT2D eigenvalue weighted by molar-refractivity contribution is 0.0376. The average molecular weight is 389 g/mol. The molecule has 3 aromatic heterocycles. The Hall–Kier alpha value is -2.94. The number of thiophene rings is 1. The van der Waals surface area contributed by atoms with E-state index in [1.807, 2.05) is 17.5 Å². The van der Waals surface area contributed by atoms with E-state index in [0.29, 0.717) is 22.6 Å². The van der Waals surface area contributed by atoms with Gasteiger partial charge < -0.3 is 19.0 Å². The number of esters is 2. The Labute approximate surface area is 159 Å². The van der Waals surface area contributed by atoms with Gasteiger partial charge in [-0.2, -0.15) is 4.98 Å². The Bertz CT molecular complexity index is 956. The van der Waals surface area contributed by atoms with Crippen LogP contribution in [0.1, 0.15) is 51.8 Å². The van der Waals surface area contributed by atoms with Crippen LogP contribution in [0.25, 0.3) is 10.7 Å². The van der Waals surface area contributed by atoms with E-state index in [2.05, 4.69) is 15.1 Å². The zero-order chi connectivity index (χ0) is 19.6. The molecule has 0 unspecified atom stereocenters. The van der Waals surface area contributed by atoms with E-state index in [1.165, 1.54) is 11.3 Å². The molecule has 142 valence electrons. The van der Waals surface area contributed by atoms with E-state index < -0.39 is 11.9 Å². The summed E-state index contributed by atoms with van der Waals surface area (Å²) >= 11 is 1.48. The lowest BCUT2D eigenvalue weighted by atomic mass is 10.1. The van der Waals surface area contributed by atoms with Crippen LogP contribution in [-0.4, -0.2) is 33.2 Å². The highest BCUT2D eigenvalue weighted by molar-refractivity contribution is 7.13. The second-order valence-corrected chi connectivity index (χ2v) is 7.09. The third kappa shape index (κ3) is 4.08. The van der Waals surface area contributed by atoms with E-state index in [0.717, 1.165) is 4.88 Å². The van der Waals surface area contributed by atoms with Crippen molar-refractivity contribution in [1.82, 2.24) is 15.1 Å². The van der Waals surface area contributed by atoms with Crippen molar-refractivity contribution in [2.45, 2.75) is 40.4 Å². The molecule has 3 aromatic rings. The van der Waals surface area contributed by atoms with E-state index in [1.54, 1.807) is 27.7 Å². The average Bonchev–Trinajstić information content (AvgIpc) is 3.31. The van der Waals surface area contributed by atoms with Gasteiger partial charge in [-0.15, -0.1) is 11.3 Å². The fourth-order valence-electron chi connectivity index (χ4n) is 2.55. The first-order chi connectivity index (χ1) is 12.9. The molecule has 0 aliphatic carbocycles. The molecule has 0 fully saturated rings. The minimum Gasteiger partial charge on any atom is -0.459 e. The first kappa shape index (κ1) is 18.8. The molecule has 0 aliphatic heterocycles. The molecule has 0 aliphatic rings. The number of aromatic nitrogens is 3. The highest BCUT2D eigenvalue weighted by atomic mass is 32.1. The molecule has 0 saturated carbocycles. The Morgan fingerprint density at radius 2 is 2.07 bits per heavy atom. The van der Waals surface area contributed by atoms with Gasteiger partial charge in [0.1, 0.15) is 5.69 Å². The number of hydrogen-bond acceptors (Lipinski definition) is 8. The molecule has 8 nitrogen and oxygen atoms in total. The first-order valence-corrected chi connectivity index (χ1v) is 9.18. The van der Waals surface area contributed by atoms with Gasteiger partial charge in [0.05, 0.1) is 16.5 Å². The summed E-state index contributed by atoms with van der Waals surface area (Å²) in [6, 6.07) is 3.75. The normalized spacial score (nSPS) is 11.0. The molecule has 9 heteroatoms. The van der Waals surface area contributed by atoms with E-state index in [9.17, 15) is 9.59 Å². The van der Waals surface area contributed by atoms with Crippen molar-refractivity contribution in [2.24, 2.45) is 0 Å². The quantitative estimate of drug-likeness (QED) is 0.641. The molecule has 0 saturated heterocycles. The van der Waals surface area contributed by atoms with Crippen molar-refractivity contribution in [3.05, 3.63) is 45.9 Å². The second kappa shape index (κ2) is 7.75. The van der Waals surface area contributed by atoms with Crippen molar-refractivity contribution in [3.8, 4) is 10.7 Å². The Morgan fingerprint density at radius 1 is 1.30 bits per heavy atom. The number of nitrogens with one attached hydrogen (secondary N) is 1. The largest absolute Gasteiger partial charge is 0.459 e. The summed E-state index contributed by atoms with van der Waals surface area (Å²) < 4.78 is 15.6. The predicted molar refractivity (Wildman–Crippen MR) is 97.5 cm³/mol. The fourth-order valence-corrected chi connectivity index (χ4v) is 3.20. The number of aromatic amines is 1. The topological polar surface area (TPSA) is 107 Å². The van der Waals surface area contributed by atoms with Crippen LogP contribution in [0.3, 0.4) is 0 Å². The van der Waals surface area contributed by atoms with Gasteiger partial charge in [-0.3, -0.25) is 0 Å². The standard InChI is InChI=1S/C18H19N3O5S/c1-9(2)25-17(22)14-10(3)15(19-11(14)4)18(23)24-8-13-20-16(21-26-13)12-6-5-7-27-12/h5-7,9,19H,8H2,1-4H3. The number of aryl methyl sites for hydroxylation is 1. The molecule has 3 rings (SSSR count). The molecule has 1 N–H and O–H groups in total. The number of nitrogens with zero attached hydrogens (tertiary/aromatic N) is 2. The maximum Gasteiger partial charge on any atom is 0.355 e. The lowest BCUT2D eigenvalue weighted by Crippen LogP contribution is -2.13. The van der Waals surface area contributed by atoms with Gasteiger partial charge in [-0.1, -0.05) is 11.2 Å². The summed E-state index contributed by atoms with van der Waals surface area (Å²) in [4.78, 5) is 32.5. The van der Waals surface area contributed by atoms with Crippen molar-refractivity contribution in [3.63, 3.8) is 0 Å². The van der Waals surface area contributed by atoms with E-state index in [4.69, 9.17) is 14.0 Å². The minimum atomic E-state index is -0.616. The van der Waals surface area contributed by atoms with Gasteiger partial charge >= 0.3 is 11.9 Å². The number of carbonyl (C=O) groups excluding carboxylic acids is 2. The smallest absolute Gasteiger partial charge is 0.355 e. The fraction of sp³-hybridized carbons (Fsp3) is 0.333. The number of carbonyl (C=O) groups is 2. The van der Waals surface area contributed by atoms with Gasteiger partial charge in [-0.25, -0.2) is 9.59 Å². The molecular weight excluding hydrogens is 370 g/mol. The molecule has 27 heavy (non-hydrogen) atoms. The predicted octanol–water partition coefficient (Wildman–Crippen LogP) is 3.67. The van der Waals surface area contributed by atoms with Gasteiger partial charge in [0, 0.05) is 5.69 Å². The molecule has 0 radical (unpaired) electrons. The summed E-state index contributed by atoms with van der Waals surface area (Å²) in [7, 11) is 0. The van der Waals surface area contributed by atoms with E-state index >= 15 is 0 Å². The molecule has 0 amide bonds. The number of H-pyrrole nitrogens is 1. The number of ether oxygens (including phenoxy) is 2. The van der Waals surface area contributed by atoms with Crippen LogP contribution in [0, 0.1) is 13.8 Å². The van der Waals surface area contributed by atoms with Gasteiger partial charge in [0.2, 0.25) is 5.82 Å². The summed E-state index contributed by atoms with van der Waals surface area (Å²) in [6.45, 7) is 6.73. The maximum absolute atomic E-state index is 12.4. The summed E-state index contributed by atoms with van der Waals surface area (Å²) in [5.74, 6) is -0.461. The number of hydrogen-bond donors (Lipinski definition) is 1. The van der Waals surface area contributed by atoms with Gasteiger partial charge in [0.15, 0.2) is 6.61 Å². The van der Waals surface area contributed by atoms with Crippen molar-refractivity contribution in [2.75, 3.05) is 0 Å². The van der Waals surface area contributed by atoms with Crippen LogP contribution in [-0.2, 0) is 16.1 Å². The first-order valence-electron chi connectivity index (χ1n) is 8.30. The van der Waals surface area contributed by atoms with E-state index in [-0.39, 0.29) is 24.3 Å². The van der Waals surface area contributed by atoms with Crippen molar-refractivity contribution < 1.29 is 23.6 Å². The SMILES string of the molecule is Cc1[nH]c(C(=O)OCc2nc(-c3cccs3)no2)c(C)c1C(=O)OC(C)C. The highest BCUT2D eigenvalue weighted by Crippen LogP contribution is 2.23. The van der Waals surface area contributed by atoms with Gasteiger partial charge in [-0.05, 0) is 44.7 Å². The summed E-state index contributed by atoms with van der Waals surface area (Å²) in [5.41, 5.74) is 1.56. The summed E-state index contributed by atoms with van der Waals surface area (Å²) in [5, 5.41) is 5.77. The third-order valence-corrected chi connectivity index (χ3v) is 4.59. The molecule has 0 bridgehead atoms. The van der Waals surface area contributed by atoms with Gasteiger partial charge in [0.25, 0.3) is 5.89 Å². The zero-order valence-corrected chi connectivity index (χ0v) is 16.2. The van der Waals surface area contributed by atoms with Crippen LogP contribution in [0.15, 0.2) is 22.0 Å². The maximum atomic E-state index is 12.4. The Kier molecular flexibility index (Phi) is 5.41. The van der Waals surface area contributed by atoms with Crippen LogP contribution in [0.2, 0.25) is 0 Å². The minimum absolute atomic E-state index is 0.166. The zero-order valence-electron chi connectivity index (χ0n) is 15.4. The Balaban J connectivity index is 1.69. The molecule has 0 aromatic carbocycles. The molecule has 0 spiro atoms. The second-order valence-electron chi connectivity index (χ2n) is 6.14. The number of rotatable bonds is 6. The van der Waals surface area contributed by atoms with Crippen LogP contribution < -0.4 is 0 Å².